The van der Waals surface area contributed by atoms with Gasteiger partial charge in [0.05, 0.1) is 5.56 Å². The Kier molecular flexibility index (Phi) is 2.81. The van der Waals surface area contributed by atoms with Gasteiger partial charge in [-0.25, -0.2) is 0 Å². The SMILES string of the molecule is Cc1onc(F)c1CCN(C)C. The Labute approximate surface area is 71.1 Å². The van der Waals surface area contributed by atoms with Gasteiger partial charge in [0, 0.05) is 6.54 Å². The first-order chi connectivity index (χ1) is 5.61. The van der Waals surface area contributed by atoms with Gasteiger partial charge in [-0.3, -0.25) is 0 Å². The third-order valence-corrected chi connectivity index (χ3v) is 1.75. The Morgan fingerprint density at radius 2 is 2.17 bits per heavy atom. The van der Waals surface area contributed by atoms with Crippen molar-refractivity contribution in [3.63, 3.8) is 0 Å². The molecule has 0 aromatic carbocycles. The molecule has 0 spiro atoms. The van der Waals surface area contributed by atoms with Gasteiger partial charge < -0.3 is 9.42 Å². The lowest BCUT2D eigenvalue weighted by molar-refractivity contribution is 0.360. The van der Waals surface area contributed by atoms with E-state index in [0.717, 1.165) is 6.54 Å². The zero-order valence-corrected chi connectivity index (χ0v) is 7.59. The molecular formula is C8H13FN2O. The van der Waals surface area contributed by atoms with Gasteiger partial charge in [0.1, 0.15) is 5.76 Å². The molecule has 1 aromatic rings. The fourth-order valence-corrected chi connectivity index (χ4v) is 0.979. The fraction of sp³-hybridized carbons (Fsp3) is 0.625. The molecule has 1 heterocycles. The summed E-state index contributed by atoms with van der Waals surface area (Å²) in [7, 11) is 3.89. The molecule has 0 bridgehead atoms. The van der Waals surface area contributed by atoms with Crippen molar-refractivity contribution in [2.75, 3.05) is 20.6 Å². The van der Waals surface area contributed by atoms with E-state index in [4.69, 9.17) is 0 Å². The van der Waals surface area contributed by atoms with E-state index in [1.807, 2.05) is 19.0 Å². The van der Waals surface area contributed by atoms with Gasteiger partial charge in [0.25, 0.3) is 5.95 Å². The van der Waals surface area contributed by atoms with E-state index in [1.54, 1.807) is 6.92 Å². The Balaban J connectivity index is 2.62. The highest BCUT2D eigenvalue weighted by molar-refractivity contribution is 5.13. The molecule has 0 fully saturated rings. The van der Waals surface area contributed by atoms with E-state index in [0.29, 0.717) is 17.7 Å². The number of nitrogens with zero attached hydrogens (tertiary/aromatic N) is 2. The van der Waals surface area contributed by atoms with Crippen LogP contribution in [0.5, 0.6) is 0 Å². The molecular weight excluding hydrogens is 159 g/mol. The fourth-order valence-electron chi connectivity index (χ4n) is 0.979. The molecule has 12 heavy (non-hydrogen) atoms. The number of hydrogen-bond acceptors (Lipinski definition) is 3. The lowest BCUT2D eigenvalue weighted by atomic mass is 10.2. The number of hydrogen-bond donors (Lipinski definition) is 0. The first-order valence-electron chi connectivity index (χ1n) is 3.86. The van der Waals surface area contributed by atoms with Crippen LogP contribution in [0.3, 0.4) is 0 Å². The summed E-state index contributed by atoms with van der Waals surface area (Å²) in [5, 5.41) is 3.23. The topological polar surface area (TPSA) is 29.3 Å². The largest absolute Gasteiger partial charge is 0.358 e. The van der Waals surface area contributed by atoms with Crippen molar-refractivity contribution in [1.29, 1.82) is 0 Å². The van der Waals surface area contributed by atoms with Crippen LogP contribution in [0.15, 0.2) is 4.52 Å². The van der Waals surface area contributed by atoms with Crippen LogP contribution >= 0.6 is 0 Å². The summed E-state index contributed by atoms with van der Waals surface area (Å²) in [6.07, 6.45) is 0.647. The number of halogens is 1. The van der Waals surface area contributed by atoms with Crippen molar-refractivity contribution in [2.24, 2.45) is 0 Å². The van der Waals surface area contributed by atoms with E-state index in [-0.39, 0.29) is 0 Å². The van der Waals surface area contributed by atoms with E-state index in [2.05, 4.69) is 9.68 Å². The second-order valence-electron chi connectivity index (χ2n) is 3.06. The van der Waals surface area contributed by atoms with Crippen LogP contribution < -0.4 is 0 Å². The Morgan fingerprint density at radius 1 is 1.50 bits per heavy atom. The molecule has 1 aromatic heterocycles. The molecule has 0 N–H and O–H groups in total. The molecule has 0 unspecified atom stereocenters. The number of rotatable bonds is 3. The lowest BCUT2D eigenvalue weighted by Crippen LogP contribution is -2.15. The van der Waals surface area contributed by atoms with Crippen molar-refractivity contribution < 1.29 is 8.91 Å². The molecule has 0 saturated carbocycles. The van der Waals surface area contributed by atoms with Gasteiger partial charge in [-0.2, -0.15) is 4.39 Å². The Hall–Kier alpha value is -0.900. The van der Waals surface area contributed by atoms with Crippen molar-refractivity contribution in [3.8, 4) is 0 Å². The summed E-state index contributed by atoms with van der Waals surface area (Å²) in [5.74, 6) is 0.101. The second-order valence-corrected chi connectivity index (χ2v) is 3.06. The highest BCUT2D eigenvalue weighted by atomic mass is 19.1. The van der Waals surface area contributed by atoms with Crippen LogP contribution in [0, 0.1) is 12.9 Å². The van der Waals surface area contributed by atoms with Gasteiger partial charge in [0.15, 0.2) is 0 Å². The summed E-state index contributed by atoms with van der Waals surface area (Å²) in [5.41, 5.74) is 0.587. The zero-order chi connectivity index (χ0) is 9.14. The first-order valence-corrected chi connectivity index (χ1v) is 3.86. The molecule has 0 radical (unpaired) electrons. The number of aryl methyl sites for hydroxylation is 1. The van der Waals surface area contributed by atoms with E-state index < -0.39 is 5.95 Å². The van der Waals surface area contributed by atoms with E-state index >= 15 is 0 Å². The summed E-state index contributed by atoms with van der Waals surface area (Å²) in [6, 6.07) is 0. The molecule has 1 rings (SSSR count). The molecule has 3 nitrogen and oxygen atoms in total. The number of aromatic nitrogens is 1. The lowest BCUT2D eigenvalue weighted by Gasteiger charge is -2.07. The smallest absolute Gasteiger partial charge is 0.257 e. The average Bonchev–Trinajstić information content (AvgIpc) is 2.28. The van der Waals surface area contributed by atoms with E-state index in [1.165, 1.54) is 0 Å². The van der Waals surface area contributed by atoms with Gasteiger partial charge in [-0.15, -0.1) is 0 Å². The van der Waals surface area contributed by atoms with Crippen molar-refractivity contribution in [1.82, 2.24) is 10.1 Å². The van der Waals surface area contributed by atoms with Crippen LogP contribution in [0.4, 0.5) is 4.39 Å². The molecule has 4 heteroatoms. The monoisotopic (exact) mass is 172 g/mol. The van der Waals surface area contributed by atoms with Crippen molar-refractivity contribution in [2.45, 2.75) is 13.3 Å². The standard InChI is InChI=1S/C8H13FN2O/c1-6-7(4-5-11(2)3)8(9)10-12-6/h4-5H2,1-3H3. The van der Waals surface area contributed by atoms with Gasteiger partial charge in [0.2, 0.25) is 0 Å². The zero-order valence-electron chi connectivity index (χ0n) is 7.59. The molecule has 0 aliphatic rings. The van der Waals surface area contributed by atoms with Crippen LogP contribution in [-0.2, 0) is 6.42 Å². The molecule has 0 atom stereocenters. The molecule has 0 aliphatic heterocycles. The van der Waals surface area contributed by atoms with Crippen LogP contribution in [-0.4, -0.2) is 30.7 Å². The van der Waals surface area contributed by atoms with Crippen LogP contribution in [0.1, 0.15) is 11.3 Å². The summed E-state index contributed by atoms with van der Waals surface area (Å²) in [6.45, 7) is 2.53. The van der Waals surface area contributed by atoms with Crippen LogP contribution in [0.25, 0.3) is 0 Å². The number of likely N-dealkylation sites (N-methyl/N-ethyl adjacent to an activating group) is 1. The van der Waals surface area contributed by atoms with E-state index in [9.17, 15) is 4.39 Å². The molecule has 0 amide bonds. The predicted molar refractivity (Wildman–Crippen MR) is 43.5 cm³/mol. The van der Waals surface area contributed by atoms with Crippen molar-refractivity contribution in [3.05, 3.63) is 17.3 Å². The quantitative estimate of drug-likeness (QED) is 0.686. The second kappa shape index (κ2) is 3.67. The third kappa shape index (κ3) is 2.04. The summed E-state index contributed by atoms with van der Waals surface area (Å²) < 4.78 is 17.5. The minimum atomic E-state index is -0.477. The maximum absolute atomic E-state index is 12.8. The minimum Gasteiger partial charge on any atom is -0.358 e. The highest BCUT2D eigenvalue weighted by Crippen LogP contribution is 2.11. The molecule has 0 saturated heterocycles. The van der Waals surface area contributed by atoms with Crippen molar-refractivity contribution >= 4 is 0 Å². The Morgan fingerprint density at radius 3 is 2.58 bits per heavy atom. The maximum Gasteiger partial charge on any atom is 0.257 e. The molecule has 0 aliphatic carbocycles. The van der Waals surface area contributed by atoms with Gasteiger partial charge in [-0.05, 0) is 32.6 Å². The van der Waals surface area contributed by atoms with Gasteiger partial charge >= 0.3 is 0 Å². The maximum atomic E-state index is 12.8. The molecule has 68 valence electrons. The predicted octanol–water partition coefficient (Wildman–Crippen LogP) is 1.23. The summed E-state index contributed by atoms with van der Waals surface area (Å²) >= 11 is 0. The Bertz CT molecular complexity index is 238. The minimum absolute atomic E-state index is 0.477. The normalized spacial score (nSPS) is 11.1. The first kappa shape index (κ1) is 9.19. The third-order valence-electron chi connectivity index (χ3n) is 1.75. The summed E-state index contributed by atoms with van der Waals surface area (Å²) in [4.78, 5) is 1.99. The van der Waals surface area contributed by atoms with Crippen LogP contribution in [0.2, 0.25) is 0 Å². The average molecular weight is 172 g/mol. The van der Waals surface area contributed by atoms with Gasteiger partial charge in [-0.1, -0.05) is 0 Å². The highest BCUT2D eigenvalue weighted by Gasteiger charge is 2.11.